The largest absolute Gasteiger partial charge is 0.317 e. The molecule has 0 spiro atoms. The number of nitrogens with one attached hydrogen (secondary N) is 1. The molecule has 76 valence electrons. The lowest BCUT2D eigenvalue weighted by atomic mass is 10.2. The second kappa shape index (κ2) is 3.82. The molecule has 0 saturated heterocycles. The molecule has 3 nitrogen and oxygen atoms in total. The van der Waals surface area contributed by atoms with Crippen LogP contribution in [0, 0.1) is 0 Å². The van der Waals surface area contributed by atoms with Crippen LogP contribution >= 0.6 is 11.3 Å². The van der Waals surface area contributed by atoms with Crippen molar-refractivity contribution in [1.82, 2.24) is 0 Å². The molecule has 1 aromatic carbocycles. The van der Waals surface area contributed by atoms with Crippen LogP contribution < -0.4 is 5.32 Å². The van der Waals surface area contributed by atoms with Crippen LogP contribution in [0.1, 0.15) is 17.3 Å². The Bertz CT molecular complexity index is 530. The number of fused-ring (bicyclic) bond motifs is 1. The van der Waals surface area contributed by atoms with Crippen molar-refractivity contribution in [2.75, 3.05) is 5.32 Å². The summed E-state index contributed by atoms with van der Waals surface area (Å²) in [6.07, 6.45) is 0.782. The predicted octanol–water partition coefficient (Wildman–Crippen LogP) is 2.67. The van der Waals surface area contributed by atoms with Crippen LogP contribution in [-0.4, -0.2) is 12.2 Å². The van der Waals surface area contributed by atoms with Crippen molar-refractivity contribution >= 4 is 38.6 Å². The quantitative estimate of drug-likeness (QED) is 0.789. The van der Waals surface area contributed by atoms with E-state index in [0.29, 0.717) is 10.6 Å². The molecule has 0 unspecified atom stereocenters. The third-order valence-corrected chi connectivity index (χ3v) is 3.14. The van der Waals surface area contributed by atoms with Gasteiger partial charge in [-0.15, -0.1) is 11.3 Å². The fourth-order valence-corrected chi connectivity index (χ4v) is 2.55. The van der Waals surface area contributed by atoms with Gasteiger partial charge in [-0.1, -0.05) is 18.2 Å². The number of amides is 1. The zero-order valence-corrected chi connectivity index (χ0v) is 8.93. The summed E-state index contributed by atoms with van der Waals surface area (Å²) in [5.41, 5.74) is 0.561. The molecule has 15 heavy (non-hydrogen) atoms. The second-order valence-corrected chi connectivity index (χ2v) is 4.19. The van der Waals surface area contributed by atoms with Gasteiger partial charge in [0.25, 0.3) is 0 Å². The van der Waals surface area contributed by atoms with E-state index >= 15 is 0 Å². The van der Waals surface area contributed by atoms with Gasteiger partial charge in [0.2, 0.25) is 5.91 Å². The average Bonchev–Trinajstić information content (AvgIpc) is 2.53. The molecule has 0 atom stereocenters. The van der Waals surface area contributed by atoms with Crippen molar-refractivity contribution in [3.63, 3.8) is 0 Å². The highest BCUT2D eigenvalue weighted by Crippen LogP contribution is 2.34. The Morgan fingerprint density at radius 2 is 2.13 bits per heavy atom. The van der Waals surface area contributed by atoms with Gasteiger partial charge in [-0.2, -0.15) is 0 Å². The van der Waals surface area contributed by atoms with Crippen LogP contribution in [-0.2, 0) is 4.79 Å². The number of rotatable bonds is 2. The fourth-order valence-electron chi connectivity index (χ4n) is 1.44. The van der Waals surface area contributed by atoms with Crippen molar-refractivity contribution in [3.8, 4) is 0 Å². The number of thiophene rings is 1. The van der Waals surface area contributed by atoms with Crippen LogP contribution in [0.15, 0.2) is 24.3 Å². The van der Waals surface area contributed by atoms with E-state index in [1.54, 1.807) is 0 Å². The predicted molar refractivity (Wildman–Crippen MR) is 61.5 cm³/mol. The lowest BCUT2D eigenvalue weighted by Crippen LogP contribution is -2.05. The van der Waals surface area contributed by atoms with Gasteiger partial charge in [-0.05, 0) is 6.07 Å². The molecule has 0 aliphatic rings. The van der Waals surface area contributed by atoms with Gasteiger partial charge < -0.3 is 5.32 Å². The third-order valence-electron chi connectivity index (χ3n) is 2.04. The van der Waals surface area contributed by atoms with Gasteiger partial charge in [0.15, 0.2) is 6.29 Å². The third kappa shape index (κ3) is 1.76. The summed E-state index contributed by atoms with van der Waals surface area (Å²) in [5, 5.41) is 4.18. The minimum absolute atomic E-state index is 0.162. The summed E-state index contributed by atoms with van der Waals surface area (Å²) >= 11 is 1.41. The normalized spacial score (nSPS) is 10.2. The molecule has 1 amide bonds. The van der Waals surface area contributed by atoms with Gasteiger partial charge >= 0.3 is 0 Å². The zero-order chi connectivity index (χ0) is 10.8. The standard InChI is InChI=1S/C11H9NO2S/c1-7(14)12-11-9(6-13)8-4-2-3-5-10(8)15-11/h2-6H,1H3,(H,12,14). The van der Waals surface area contributed by atoms with Gasteiger partial charge in [0.1, 0.15) is 5.00 Å². The highest BCUT2D eigenvalue weighted by molar-refractivity contribution is 7.23. The number of benzene rings is 1. The first-order valence-corrected chi connectivity index (χ1v) is 5.28. The second-order valence-electron chi connectivity index (χ2n) is 3.14. The van der Waals surface area contributed by atoms with E-state index in [1.807, 2.05) is 24.3 Å². The van der Waals surface area contributed by atoms with Gasteiger partial charge in [0.05, 0.1) is 5.56 Å². The maximum absolute atomic E-state index is 10.9. The molecule has 0 aliphatic heterocycles. The molecule has 1 heterocycles. The summed E-state index contributed by atoms with van der Waals surface area (Å²) in [6.45, 7) is 1.43. The fraction of sp³-hybridized carbons (Fsp3) is 0.0909. The highest BCUT2D eigenvalue weighted by atomic mass is 32.1. The lowest BCUT2D eigenvalue weighted by Gasteiger charge is -1.97. The van der Waals surface area contributed by atoms with Gasteiger partial charge in [0, 0.05) is 17.0 Å². The van der Waals surface area contributed by atoms with E-state index in [0.717, 1.165) is 16.4 Å². The van der Waals surface area contributed by atoms with Crippen LogP contribution in [0.5, 0.6) is 0 Å². The number of aldehydes is 1. The molecular formula is C11H9NO2S. The lowest BCUT2D eigenvalue weighted by molar-refractivity contribution is -0.114. The summed E-state index contributed by atoms with van der Waals surface area (Å²) in [6, 6.07) is 7.59. The SMILES string of the molecule is CC(=O)Nc1sc2ccccc2c1C=O. The van der Waals surface area contributed by atoms with Crippen molar-refractivity contribution < 1.29 is 9.59 Å². The summed E-state index contributed by atoms with van der Waals surface area (Å²) in [5.74, 6) is -0.162. The van der Waals surface area contributed by atoms with E-state index in [9.17, 15) is 9.59 Å². The van der Waals surface area contributed by atoms with E-state index in [2.05, 4.69) is 5.32 Å². The maximum atomic E-state index is 10.9. The first-order chi connectivity index (χ1) is 7.22. The van der Waals surface area contributed by atoms with Crippen LogP contribution in [0.2, 0.25) is 0 Å². The molecule has 0 radical (unpaired) electrons. The van der Waals surface area contributed by atoms with E-state index in [4.69, 9.17) is 0 Å². The Balaban J connectivity index is 2.63. The number of carbonyl (C=O) groups excluding carboxylic acids is 2. The van der Waals surface area contributed by atoms with E-state index < -0.39 is 0 Å². The molecule has 1 aromatic heterocycles. The number of carbonyl (C=O) groups is 2. The maximum Gasteiger partial charge on any atom is 0.221 e. The van der Waals surface area contributed by atoms with Crippen molar-refractivity contribution in [1.29, 1.82) is 0 Å². The molecule has 0 saturated carbocycles. The summed E-state index contributed by atoms with van der Waals surface area (Å²) in [4.78, 5) is 21.9. The van der Waals surface area contributed by atoms with Crippen LogP contribution in [0.4, 0.5) is 5.00 Å². The highest BCUT2D eigenvalue weighted by Gasteiger charge is 2.11. The molecule has 2 aromatic rings. The first-order valence-electron chi connectivity index (χ1n) is 4.46. The van der Waals surface area contributed by atoms with Crippen molar-refractivity contribution in [2.24, 2.45) is 0 Å². The number of anilines is 1. The van der Waals surface area contributed by atoms with Crippen LogP contribution in [0.25, 0.3) is 10.1 Å². The topological polar surface area (TPSA) is 46.2 Å². The zero-order valence-electron chi connectivity index (χ0n) is 8.11. The summed E-state index contributed by atoms with van der Waals surface area (Å²) in [7, 11) is 0. The van der Waals surface area contributed by atoms with Gasteiger partial charge in [-0.25, -0.2) is 0 Å². The Labute approximate surface area is 90.7 Å². The van der Waals surface area contributed by atoms with Crippen molar-refractivity contribution in [2.45, 2.75) is 6.92 Å². The summed E-state index contributed by atoms with van der Waals surface area (Å²) < 4.78 is 1.00. The monoisotopic (exact) mass is 219 g/mol. The average molecular weight is 219 g/mol. The van der Waals surface area contributed by atoms with Crippen molar-refractivity contribution in [3.05, 3.63) is 29.8 Å². The Morgan fingerprint density at radius 3 is 2.80 bits per heavy atom. The first kappa shape index (κ1) is 9.86. The van der Waals surface area contributed by atoms with E-state index in [1.165, 1.54) is 18.3 Å². The molecule has 0 aliphatic carbocycles. The molecule has 0 fully saturated rings. The number of hydrogen-bond acceptors (Lipinski definition) is 3. The number of hydrogen-bond donors (Lipinski definition) is 1. The Hall–Kier alpha value is -1.68. The molecule has 4 heteroatoms. The van der Waals surface area contributed by atoms with Gasteiger partial charge in [-0.3, -0.25) is 9.59 Å². The molecule has 2 rings (SSSR count). The minimum Gasteiger partial charge on any atom is -0.317 e. The molecular weight excluding hydrogens is 210 g/mol. The molecule has 0 bridgehead atoms. The minimum atomic E-state index is -0.162. The van der Waals surface area contributed by atoms with E-state index in [-0.39, 0.29) is 5.91 Å². The molecule has 1 N–H and O–H groups in total. The Morgan fingerprint density at radius 1 is 1.40 bits per heavy atom. The smallest absolute Gasteiger partial charge is 0.221 e. The van der Waals surface area contributed by atoms with Crippen LogP contribution in [0.3, 0.4) is 0 Å². The Kier molecular flexibility index (Phi) is 2.51.